The maximum Gasteiger partial charge on any atom is 0.112 e. The first kappa shape index (κ1) is 8.20. The van der Waals surface area contributed by atoms with E-state index in [1.165, 1.54) is 4.88 Å². The number of hydrogen-bond acceptors (Lipinski definition) is 3. The molecular weight excluding hydrogens is 194 g/mol. The molecule has 0 aromatic carbocycles. The Hall–Kier alpha value is -1.13. The van der Waals surface area contributed by atoms with Crippen LogP contribution < -0.4 is 5.32 Å². The first-order chi connectivity index (χ1) is 6.93. The molecule has 0 bridgehead atoms. The van der Waals surface area contributed by atoms with Gasteiger partial charge in [0, 0.05) is 19.0 Å². The molecule has 2 aromatic heterocycles. The van der Waals surface area contributed by atoms with Gasteiger partial charge < -0.3 is 10.3 Å². The fraction of sp³-hybridized carbons (Fsp3) is 0.300. The molecule has 0 amide bonds. The number of thiophene rings is 1. The van der Waals surface area contributed by atoms with Crippen molar-refractivity contribution in [1.29, 1.82) is 0 Å². The van der Waals surface area contributed by atoms with Crippen molar-refractivity contribution in [3.05, 3.63) is 29.5 Å². The Balaban J connectivity index is 1.90. The molecule has 14 heavy (non-hydrogen) atoms. The lowest BCUT2D eigenvalue weighted by Crippen LogP contribution is -2.40. The van der Waals surface area contributed by atoms with Crippen LogP contribution in [0.4, 0.5) is 0 Å². The predicted molar refractivity (Wildman–Crippen MR) is 57.5 cm³/mol. The van der Waals surface area contributed by atoms with Gasteiger partial charge in [-0.2, -0.15) is 0 Å². The summed E-state index contributed by atoms with van der Waals surface area (Å²) in [6, 6.07) is 4.17. The number of rotatable bonds is 2. The lowest BCUT2D eigenvalue weighted by Gasteiger charge is -2.24. The van der Waals surface area contributed by atoms with E-state index >= 15 is 0 Å². The predicted octanol–water partition coefficient (Wildman–Crippen LogP) is 1.82. The Labute approximate surface area is 86.2 Å². The Kier molecular flexibility index (Phi) is 1.89. The highest BCUT2D eigenvalue weighted by atomic mass is 32.1. The van der Waals surface area contributed by atoms with Gasteiger partial charge in [-0.1, -0.05) is 6.07 Å². The Bertz CT molecular complexity index is 414. The maximum atomic E-state index is 4.41. The standard InChI is InChI=1S/C10H11N3S/c1-2-9(14-3-1)8-6-12-10(13-8)7-4-11-5-7/h1-3,6-7,11H,4-5H2,(H,12,13). The summed E-state index contributed by atoms with van der Waals surface area (Å²) in [4.78, 5) is 9.04. The zero-order valence-electron chi connectivity index (χ0n) is 7.66. The van der Waals surface area contributed by atoms with Crippen molar-refractivity contribution in [3.8, 4) is 10.6 Å². The van der Waals surface area contributed by atoms with Gasteiger partial charge in [0.1, 0.15) is 5.82 Å². The van der Waals surface area contributed by atoms with Crippen molar-refractivity contribution < 1.29 is 0 Å². The molecule has 0 saturated carbocycles. The van der Waals surface area contributed by atoms with Gasteiger partial charge in [-0.25, -0.2) is 4.98 Å². The molecule has 2 N–H and O–H groups in total. The fourth-order valence-corrected chi connectivity index (χ4v) is 2.27. The highest BCUT2D eigenvalue weighted by Crippen LogP contribution is 2.25. The molecule has 0 aliphatic carbocycles. The molecule has 2 aromatic rings. The van der Waals surface area contributed by atoms with E-state index in [1.807, 2.05) is 6.20 Å². The van der Waals surface area contributed by atoms with Crippen LogP contribution in [0.15, 0.2) is 23.7 Å². The minimum Gasteiger partial charge on any atom is -0.341 e. The average Bonchev–Trinajstić information content (AvgIpc) is 2.65. The summed E-state index contributed by atoms with van der Waals surface area (Å²) >= 11 is 1.74. The molecule has 1 aliphatic heterocycles. The minimum absolute atomic E-state index is 0.587. The van der Waals surface area contributed by atoms with Crippen LogP contribution in [-0.2, 0) is 0 Å². The average molecular weight is 205 g/mol. The number of imidazole rings is 1. The molecular formula is C10H11N3S. The van der Waals surface area contributed by atoms with Crippen LogP contribution in [0.3, 0.4) is 0 Å². The van der Waals surface area contributed by atoms with Crippen LogP contribution in [0, 0.1) is 0 Å². The molecule has 0 atom stereocenters. The second-order valence-electron chi connectivity index (χ2n) is 3.51. The third-order valence-corrected chi connectivity index (χ3v) is 3.45. The lowest BCUT2D eigenvalue weighted by atomic mass is 10.0. The van der Waals surface area contributed by atoms with E-state index in [2.05, 4.69) is 32.8 Å². The molecule has 4 heteroatoms. The van der Waals surface area contributed by atoms with E-state index in [1.54, 1.807) is 11.3 Å². The molecule has 3 rings (SSSR count). The number of aromatic nitrogens is 2. The van der Waals surface area contributed by atoms with Crippen molar-refractivity contribution in [2.75, 3.05) is 13.1 Å². The number of hydrogen-bond donors (Lipinski definition) is 2. The zero-order valence-corrected chi connectivity index (χ0v) is 8.47. The molecule has 0 radical (unpaired) electrons. The van der Waals surface area contributed by atoms with Gasteiger partial charge in [-0.05, 0) is 11.4 Å². The van der Waals surface area contributed by atoms with Crippen LogP contribution in [-0.4, -0.2) is 23.1 Å². The second-order valence-corrected chi connectivity index (χ2v) is 4.46. The van der Waals surface area contributed by atoms with Gasteiger partial charge in [0.2, 0.25) is 0 Å². The molecule has 1 fully saturated rings. The summed E-state index contributed by atoms with van der Waals surface area (Å²) in [7, 11) is 0. The normalized spacial score (nSPS) is 16.9. The van der Waals surface area contributed by atoms with Crippen molar-refractivity contribution in [2.45, 2.75) is 5.92 Å². The molecule has 0 spiro atoms. The van der Waals surface area contributed by atoms with E-state index in [4.69, 9.17) is 0 Å². The van der Waals surface area contributed by atoms with Gasteiger partial charge in [0.25, 0.3) is 0 Å². The van der Waals surface area contributed by atoms with E-state index in [0.717, 1.165) is 24.6 Å². The SMILES string of the molecule is c1csc(-c2cnc(C3CNC3)[nH]2)c1. The summed E-state index contributed by atoms with van der Waals surface area (Å²) in [5.41, 5.74) is 1.14. The monoisotopic (exact) mass is 205 g/mol. The van der Waals surface area contributed by atoms with E-state index in [0.29, 0.717) is 5.92 Å². The number of nitrogens with one attached hydrogen (secondary N) is 2. The van der Waals surface area contributed by atoms with Crippen molar-refractivity contribution in [3.63, 3.8) is 0 Å². The summed E-state index contributed by atoms with van der Waals surface area (Å²) in [5.74, 6) is 1.70. The maximum absolute atomic E-state index is 4.41. The smallest absolute Gasteiger partial charge is 0.112 e. The Morgan fingerprint density at radius 3 is 3.00 bits per heavy atom. The van der Waals surface area contributed by atoms with Gasteiger partial charge >= 0.3 is 0 Å². The molecule has 72 valence electrons. The van der Waals surface area contributed by atoms with Gasteiger partial charge in [0.05, 0.1) is 16.8 Å². The quantitative estimate of drug-likeness (QED) is 0.785. The third kappa shape index (κ3) is 1.27. The van der Waals surface area contributed by atoms with Crippen LogP contribution in [0.1, 0.15) is 11.7 Å². The molecule has 3 heterocycles. The highest BCUT2D eigenvalue weighted by Gasteiger charge is 2.21. The van der Waals surface area contributed by atoms with Crippen molar-refractivity contribution in [1.82, 2.24) is 15.3 Å². The van der Waals surface area contributed by atoms with Gasteiger partial charge in [0.15, 0.2) is 0 Å². The minimum atomic E-state index is 0.587. The first-order valence-electron chi connectivity index (χ1n) is 4.73. The number of H-pyrrole nitrogens is 1. The first-order valence-corrected chi connectivity index (χ1v) is 5.61. The topological polar surface area (TPSA) is 40.7 Å². The van der Waals surface area contributed by atoms with Crippen LogP contribution in [0.5, 0.6) is 0 Å². The summed E-state index contributed by atoms with van der Waals surface area (Å²) in [6.07, 6.45) is 1.93. The number of aromatic amines is 1. The van der Waals surface area contributed by atoms with Gasteiger partial charge in [-0.3, -0.25) is 0 Å². The van der Waals surface area contributed by atoms with Gasteiger partial charge in [-0.15, -0.1) is 11.3 Å². The number of nitrogens with zero attached hydrogens (tertiary/aromatic N) is 1. The largest absolute Gasteiger partial charge is 0.341 e. The van der Waals surface area contributed by atoms with E-state index in [9.17, 15) is 0 Å². The zero-order chi connectivity index (χ0) is 9.38. The highest BCUT2D eigenvalue weighted by molar-refractivity contribution is 7.13. The Morgan fingerprint density at radius 2 is 2.36 bits per heavy atom. The Morgan fingerprint density at radius 1 is 1.43 bits per heavy atom. The second kappa shape index (κ2) is 3.22. The van der Waals surface area contributed by atoms with Crippen LogP contribution in [0.25, 0.3) is 10.6 Å². The fourth-order valence-electron chi connectivity index (χ4n) is 1.58. The summed E-state index contributed by atoms with van der Waals surface area (Å²) in [6.45, 7) is 2.11. The third-order valence-electron chi connectivity index (χ3n) is 2.55. The van der Waals surface area contributed by atoms with E-state index in [-0.39, 0.29) is 0 Å². The van der Waals surface area contributed by atoms with Crippen LogP contribution in [0.2, 0.25) is 0 Å². The molecule has 0 unspecified atom stereocenters. The van der Waals surface area contributed by atoms with Crippen LogP contribution >= 0.6 is 11.3 Å². The summed E-state index contributed by atoms with van der Waals surface area (Å²) in [5, 5.41) is 5.33. The molecule has 1 saturated heterocycles. The van der Waals surface area contributed by atoms with Crippen molar-refractivity contribution >= 4 is 11.3 Å². The molecule has 3 nitrogen and oxygen atoms in total. The van der Waals surface area contributed by atoms with E-state index < -0.39 is 0 Å². The lowest BCUT2D eigenvalue weighted by molar-refractivity contribution is 0.433. The summed E-state index contributed by atoms with van der Waals surface area (Å²) < 4.78 is 0. The molecule has 1 aliphatic rings. The van der Waals surface area contributed by atoms with Crippen molar-refractivity contribution in [2.24, 2.45) is 0 Å².